The van der Waals surface area contributed by atoms with Gasteiger partial charge in [0.05, 0.1) is 6.54 Å². The monoisotopic (exact) mass is 284 g/mol. The van der Waals surface area contributed by atoms with Crippen LogP contribution >= 0.6 is 0 Å². The van der Waals surface area contributed by atoms with Crippen LogP contribution < -0.4 is 10.6 Å². The highest BCUT2D eigenvalue weighted by Gasteiger charge is 2.28. The summed E-state index contributed by atoms with van der Waals surface area (Å²) in [5.41, 5.74) is 1.08. The number of carbonyl (C=O) groups is 1. The Balaban J connectivity index is 1.39. The zero-order chi connectivity index (χ0) is 14.5. The molecule has 1 fully saturated rings. The molecule has 0 spiro atoms. The average Bonchev–Trinajstić information content (AvgIpc) is 3.27. The normalized spacial score (nSPS) is 14.1. The van der Waals surface area contributed by atoms with Crippen molar-refractivity contribution < 1.29 is 9.21 Å². The van der Waals surface area contributed by atoms with E-state index in [4.69, 9.17) is 4.42 Å². The van der Waals surface area contributed by atoms with Crippen molar-refractivity contribution in [3.05, 3.63) is 48.2 Å². The van der Waals surface area contributed by atoms with Crippen LogP contribution in [-0.4, -0.2) is 19.0 Å². The van der Waals surface area contributed by atoms with E-state index < -0.39 is 0 Å². The van der Waals surface area contributed by atoms with E-state index in [1.165, 1.54) is 0 Å². The van der Waals surface area contributed by atoms with Crippen molar-refractivity contribution in [2.45, 2.75) is 19.4 Å². The third-order valence-electron chi connectivity index (χ3n) is 3.57. The molecule has 21 heavy (non-hydrogen) atoms. The van der Waals surface area contributed by atoms with Gasteiger partial charge >= 0.3 is 0 Å². The van der Waals surface area contributed by atoms with Crippen LogP contribution in [-0.2, 0) is 11.3 Å². The first-order valence-corrected chi connectivity index (χ1v) is 7.45. The highest BCUT2D eigenvalue weighted by molar-refractivity contribution is 5.80. The van der Waals surface area contributed by atoms with Crippen molar-refractivity contribution >= 4 is 5.91 Å². The predicted octanol–water partition coefficient (Wildman–Crippen LogP) is 2.56. The van der Waals surface area contributed by atoms with E-state index in [1.54, 1.807) is 0 Å². The van der Waals surface area contributed by atoms with Crippen LogP contribution in [0.2, 0.25) is 0 Å². The van der Waals surface area contributed by atoms with Gasteiger partial charge < -0.3 is 15.1 Å². The third-order valence-corrected chi connectivity index (χ3v) is 3.57. The first-order valence-electron chi connectivity index (χ1n) is 7.45. The van der Waals surface area contributed by atoms with Crippen LogP contribution in [0.25, 0.3) is 11.3 Å². The summed E-state index contributed by atoms with van der Waals surface area (Å²) in [4.78, 5) is 11.4. The highest BCUT2D eigenvalue weighted by atomic mass is 16.3. The summed E-state index contributed by atoms with van der Waals surface area (Å²) in [6, 6.07) is 14.0. The Kier molecular flexibility index (Phi) is 4.36. The van der Waals surface area contributed by atoms with Crippen molar-refractivity contribution in [2.75, 3.05) is 13.1 Å². The summed E-state index contributed by atoms with van der Waals surface area (Å²) in [6.07, 6.45) is 2.10. The van der Waals surface area contributed by atoms with Gasteiger partial charge in [0.15, 0.2) is 0 Å². The number of furan rings is 1. The van der Waals surface area contributed by atoms with E-state index in [0.717, 1.165) is 36.5 Å². The lowest BCUT2D eigenvalue weighted by Gasteiger charge is -2.05. The number of hydrogen-bond acceptors (Lipinski definition) is 3. The van der Waals surface area contributed by atoms with Gasteiger partial charge in [-0.05, 0) is 25.0 Å². The molecule has 1 heterocycles. The van der Waals surface area contributed by atoms with Crippen LogP contribution in [0.3, 0.4) is 0 Å². The minimum atomic E-state index is 0.196. The molecule has 0 bridgehead atoms. The molecule has 110 valence electrons. The summed E-state index contributed by atoms with van der Waals surface area (Å²) >= 11 is 0. The Morgan fingerprint density at radius 3 is 2.67 bits per heavy atom. The van der Waals surface area contributed by atoms with Crippen molar-refractivity contribution in [1.82, 2.24) is 10.6 Å². The molecule has 1 aliphatic carbocycles. The summed E-state index contributed by atoms with van der Waals surface area (Å²) < 4.78 is 5.80. The molecule has 1 aliphatic rings. The second-order valence-electron chi connectivity index (χ2n) is 5.37. The fourth-order valence-corrected chi connectivity index (χ4v) is 2.21. The van der Waals surface area contributed by atoms with E-state index in [9.17, 15) is 4.79 Å². The Bertz CT molecular complexity index is 588. The van der Waals surface area contributed by atoms with Crippen molar-refractivity contribution in [1.29, 1.82) is 0 Å². The molecule has 2 N–H and O–H groups in total. The SMILES string of the molecule is O=C(NCCNCc1ccc(-c2ccccc2)o1)C1CC1. The Hall–Kier alpha value is -2.07. The molecule has 0 aliphatic heterocycles. The highest BCUT2D eigenvalue weighted by Crippen LogP contribution is 2.28. The lowest BCUT2D eigenvalue weighted by atomic mass is 10.2. The molecule has 1 aromatic heterocycles. The van der Waals surface area contributed by atoms with Crippen LogP contribution in [0, 0.1) is 5.92 Å². The third kappa shape index (κ3) is 3.95. The molecule has 4 nitrogen and oxygen atoms in total. The van der Waals surface area contributed by atoms with Crippen LogP contribution in [0.4, 0.5) is 0 Å². The first kappa shape index (κ1) is 13.9. The molecule has 0 unspecified atom stereocenters. The van der Waals surface area contributed by atoms with Gasteiger partial charge in [-0.25, -0.2) is 0 Å². The quantitative estimate of drug-likeness (QED) is 0.768. The molecule has 0 saturated heterocycles. The minimum absolute atomic E-state index is 0.196. The molecule has 4 heteroatoms. The molecule has 0 atom stereocenters. The van der Waals surface area contributed by atoms with Gasteiger partial charge in [-0.3, -0.25) is 4.79 Å². The predicted molar refractivity (Wildman–Crippen MR) is 81.6 cm³/mol. The van der Waals surface area contributed by atoms with Crippen LogP contribution in [0.1, 0.15) is 18.6 Å². The topological polar surface area (TPSA) is 54.3 Å². The zero-order valence-corrected chi connectivity index (χ0v) is 12.0. The fraction of sp³-hybridized carbons (Fsp3) is 0.353. The fourth-order valence-electron chi connectivity index (χ4n) is 2.21. The molecule has 1 saturated carbocycles. The second kappa shape index (κ2) is 6.59. The summed E-state index contributed by atoms with van der Waals surface area (Å²) in [7, 11) is 0. The summed E-state index contributed by atoms with van der Waals surface area (Å²) in [6.45, 7) is 2.09. The van der Waals surface area contributed by atoms with E-state index in [0.29, 0.717) is 13.1 Å². The van der Waals surface area contributed by atoms with Gasteiger partial charge in [0.25, 0.3) is 0 Å². The summed E-state index contributed by atoms with van der Waals surface area (Å²) in [5.74, 6) is 2.27. The van der Waals surface area contributed by atoms with Gasteiger partial charge in [-0.1, -0.05) is 30.3 Å². The Morgan fingerprint density at radius 1 is 1.10 bits per heavy atom. The van der Waals surface area contributed by atoms with Gasteiger partial charge in [0, 0.05) is 24.6 Å². The molecular formula is C17H20N2O2. The number of nitrogens with one attached hydrogen (secondary N) is 2. The lowest BCUT2D eigenvalue weighted by Crippen LogP contribution is -2.32. The van der Waals surface area contributed by atoms with Crippen LogP contribution in [0.15, 0.2) is 46.9 Å². The molecule has 1 aromatic carbocycles. The van der Waals surface area contributed by atoms with E-state index in [1.807, 2.05) is 42.5 Å². The maximum Gasteiger partial charge on any atom is 0.223 e. The van der Waals surface area contributed by atoms with Gasteiger partial charge in [0.1, 0.15) is 11.5 Å². The molecule has 1 amide bonds. The summed E-state index contributed by atoms with van der Waals surface area (Å²) in [5, 5.41) is 6.20. The molecule has 2 aromatic rings. The van der Waals surface area contributed by atoms with Gasteiger partial charge in [-0.2, -0.15) is 0 Å². The lowest BCUT2D eigenvalue weighted by molar-refractivity contribution is -0.122. The van der Waals surface area contributed by atoms with Crippen molar-refractivity contribution in [3.63, 3.8) is 0 Å². The largest absolute Gasteiger partial charge is 0.460 e. The average molecular weight is 284 g/mol. The first-order chi connectivity index (χ1) is 10.3. The standard InChI is InChI=1S/C17H20N2O2/c20-17(14-6-7-14)19-11-10-18-12-15-8-9-16(21-15)13-4-2-1-3-5-13/h1-5,8-9,14,18H,6-7,10-12H2,(H,19,20). The minimum Gasteiger partial charge on any atom is -0.460 e. The smallest absolute Gasteiger partial charge is 0.223 e. The van der Waals surface area contributed by atoms with Gasteiger partial charge in [0.2, 0.25) is 5.91 Å². The molecule has 3 rings (SSSR count). The number of rotatable bonds is 7. The maximum atomic E-state index is 11.4. The Labute approximate surface area is 124 Å². The Morgan fingerprint density at radius 2 is 1.90 bits per heavy atom. The maximum absolute atomic E-state index is 11.4. The van der Waals surface area contributed by atoms with Crippen molar-refractivity contribution in [3.8, 4) is 11.3 Å². The number of benzene rings is 1. The van der Waals surface area contributed by atoms with E-state index >= 15 is 0 Å². The second-order valence-corrected chi connectivity index (χ2v) is 5.37. The molecule has 0 radical (unpaired) electrons. The van der Waals surface area contributed by atoms with Crippen molar-refractivity contribution in [2.24, 2.45) is 5.92 Å². The number of carbonyl (C=O) groups excluding carboxylic acids is 1. The molecular weight excluding hydrogens is 264 g/mol. The zero-order valence-electron chi connectivity index (χ0n) is 12.0. The van der Waals surface area contributed by atoms with E-state index in [-0.39, 0.29) is 11.8 Å². The number of amides is 1. The van der Waals surface area contributed by atoms with Gasteiger partial charge in [-0.15, -0.1) is 0 Å². The van der Waals surface area contributed by atoms with E-state index in [2.05, 4.69) is 10.6 Å². The number of hydrogen-bond donors (Lipinski definition) is 2. The van der Waals surface area contributed by atoms with Crippen LogP contribution in [0.5, 0.6) is 0 Å².